The van der Waals surface area contributed by atoms with E-state index in [0.29, 0.717) is 41.9 Å². The molecule has 1 atom stereocenters. The Labute approximate surface area is 341 Å². The summed E-state index contributed by atoms with van der Waals surface area (Å²) in [5.74, 6) is 3.67. The average Bonchev–Trinajstić information content (AvgIpc) is 3.64. The van der Waals surface area contributed by atoms with Gasteiger partial charge in [0.25, 0.3) is 0 Å². The van der Waals surface area contributed by atoms with Gasteiger partial charge in [0.15, 0.2) is 0 Å². The van der Waals surface area contributed by atoms with Crippen LogP contribution in [0.25, 0.3) is 0 Å². The second-order valence-corrected chi connectivity index (χ2v) is 20.1. The van der Waals surface area contributed by atoms with E-state index in [4.69, 9.17) is 4.74 Å². The Bertz CT molecular complexity index is 999. The first-order valence-electron chi connectivity index (χ1n) is 23.0. The first kappa shape index (κ1) is 51.1. The second-order valence-electron chi connectivity index (χ2n) is 20.1. The Morgan fingerprint density at radius 1 is 0.582 bits per heavy atom. The van der Waals surface area contributed by atoms with E-state index in [-0.39, 0.29) is 11.8 Å². The summed E-state index contributed by atoms with van der Waals surface area (Å²) in [6.45, 7) is 38.2. The fraction of sp³-hybridized carbons (Fsp3) is 0.894. The molecule has 1 amide bonds. The zero-order valence-corrected chi connectivity index (χ0v) is 38.7. The maximum atomic E-state index is 14.2. The molecule has 1 rings (SSSR count). The van der Waals surface area contributed by atoms with Gasteiger partial charge in [0.05, 0.1) is 65.8 Å². The molecule has 0 saturated heterocycles. The predicted molar refractivity (Wildman–Crippen MR) is 234 cm³/mol. The topological polar surface area (TPSA) is 84.1 Å². The third-order valence-corrected chi connectivity index (χ3v) is 12.1. The maximum absolute atomic E-state index is 14.2. The van der Waals surface area contributed by atoms with E-state index in [1.165, 1.54) is 107 Å². The fourth-order valence-corrected chi connectivity index (χ4v) is 7.86. The molecule has 0 spiro atoms. The van der Waals surface area contributed by atoms with Gasteiger partial charge >= 0.3 is 5.97 Å². The first-order chi connectivity index (χ1) is 25.9. The van der Waals surface area contributed by atoms with E-state index in [0.717, 1.165) is 44.2 Å². The largest absolute Gasteiger partial charge is 0.467 e. The number of H-pyrrole nitrogens is 1. The highest BCUT2D eigenvalue weighted by Crippen LogP contribution is 2.25. The number of carbonyl (C=O) groups is 2. The van der Waals surface area contributed by atoms with Gasteiger partial charge in [0, 0.05) is 24.2 Å². The molecule has 8 nitrogen and oxygen atoms in total. The van der Waals surface area contributed by atoms with Crippen molar-refractivity contribution in [1.82, 2.24) is 15.3 Å². The van der Waals surface area contributed by atoms with Crippen molar-refractivity contribution in [3.05, 3.63) is 18.2 Å². The molecular formula is C47H93N5O3+2. The van der Waals surface area contributed by atoms with Crippen LogP contribution in [0.5, 0.6) is 0 Å². The smallest absolute Gasteiger partial charge is 0.328 e. The van der Waals surface area contributed by atoms with Crippen molar-refractivity contribution in [1.29, 1.82) is 0 Å². The number of rotatable bonds is 33. The number of imidazole rings is 1. The number of aromatic nitrogens is 2. The summed E-state index contributed by atoms with van der Waals surface area (Å²) in [7, 11) is 1.40. The Hall–Kier alpha value is -1.93. The summed E-state index contributed by atoms with van der Waals surface area (Å²) in [4.78, 5) is 34.3. The molecule has 0 saturated carbocycles. The number of aromatic amines is 1. The quantitative estimate of drug-likeness (QED) is 0.0423. The first-order valence-corrected chi connectivity index (χ1v) is 23.0. The third kappa shape index (κ3) is 23.2. The number of esters is 1. The van der Waals surface area contributed by atoms with Gasteiger partial charge in [-0.15, -0.1) is 0 Å². The van der Waals surface area contributed by atoms with Gasteiger partial charge in [0.1, 0.15) is 6.04 Å². The van der Waals surface area contributed by atoms with Gasteiger partial charge in [-0.05, 0) is 113 Å². The Kier molecular flexibility index (Phi) is 25.7. The summed E-state index contributed by atoms with van der Waals surface area (Å²) < 4.78 is 7.58. The number of hydrogen-bond donors (Lipinski definition) is 2. The van der Waals surface area contributed by atoms with Gasteiger partial charge in [-0.2, -0.15) is 0 Å². The molecule has 2 N–H and O–H groups in total. The van der Waals surface area contributed by atoms with Crippen molar-refractivity contribution in [2.75, 3.05) is 59.5 Å². The van der Waals surface area contributed by atoms with E-state index in [2.05, 4.69) is 98.4 Å². The van der Waals surface area contributed by atoms with Gasteiger partial charge in [-0.1, -0.05) is 83.1 Å². The maximum Gasteiger partial charge on any atom is 0.328 e. The minimum atomic E-state index is -0.736. The summed E-state index contributed by atoms with van der Waals surface area (Å²) in [5, 5.41) is 3.15. The molecule has 0 aromatic carbocycles. The lowest BCUT2D eigenvalue weighted by molar-refractivity contribution is -0.930. The van der Waals surface area contributed by atoms with Crippen molar-refractivity contribution in [2.45, 2.75) is 173 Å². The van der Waals surface area contributed by atoms with Gasteiger partial charge < -0.3 is 24.0 Å². The lowest BCUT2D eigenvalue weighted by atomic mass is 9.93. The molecule has 8 heteroatoms. The lowest BCUT2D eigenvalue weighted by Gasteiger charge is -2.41. The Morgan fingerprint density at radius 3 is 1.24 bits per heavy atom. The number of quaternary nitrogens is 2. The van der Waals surface area contributed by atoms with Crippen LogP contribution in [0.1, 0.15) is 166 Å². The molecule has 0 aliphatic carbocycles. The highest BCUT2D eigenvalue weighted by Gasteiger charge is 2.31. The van der Waals surface area contributed by atoms with E-state index in [1.807, 2.05) is 0 Å². The normalized spacial score (nSPS) is 13.4. The molecule has 0 bridgehead atoms. The highest BCUT2D eigenvalue weighted by atomic mass is 16.5. The highest BCUT2D eigenvalue weighted by molar-refractivity contribution is 5.85. The lowest BCUT2D eigenvalue weighted by Crippen LogP contribution is -2.52. The number of nitrogens with zero attached hydrogens (tertiary/aromatic N) is 3. The zero-order valence-electron chi connectivity index (χ0n) is 38.7. The van der Waals surface area contributed by atoms with Crippen molar-refractivity contribution in [3.63, 3.8) is 0 Å². The number of ether oxygens (including phenoxy) is 1. The number of hydrogen-bond acceptors (Lipinski definition) is 4. The summed E-state index contributed by atoms with van der Waals surface area (Å²) in [6, 6.07) is -0.736. The van der Waals surface area contributed by atoms with Crippen LogP contribution in [0.3, 0.4) is 0 Å². The minimum Gasteiger partial charge on any atom is -0.467 e. The molecule has 322 valence electrons. The number of methoxy groups -OCH3 is 1. The third-order valence-electron chi connectivity index (χ3n) is 12.1. The zero-order chi connectivity index (χ0) is 41.4. The Morgan fingerprint density at radius 2 is 0.945 bits per heavy atom. The van der Waals surface area contributed by atoms with Crippen LogP contribution in [0.4, 0.5) is 0 Å². The van der Waals surface area contributed by atoms with Gasteiger partial charge in [0.2, 0.25) is 5.91 Å². The number of nitrogens with one attached hydrogen (secondary N) is 2. The van der Waals surface area contributed by atoms with Crippen LogP contribution < -0.4 is 5.32 Å². The molecule has 55 heavy (non-hydrogen) atoms. The SMILES string of the molecule is COC(=O)C(Cc1cnc[nH]1)NC(=O)C(CCCC[N+](CCC(C)C)(CCC(C)C)CCC(C)C)CCCC[N+](CCC(C)C)(CCC(C)C)CCC(C)C. The number of unbranched alkanes of at least 4 members (excludes halogenated alkanes) is 2. The van der Waals surface area contributed by atoms with Crippen molar-refractivity contribution >= 4 is 11.9 Å². The van der Waals surface area contributed by atoms with E-state index >= 15 is 0 Å². The molecule has 0 radical (unpaired) electrons. The van der Waals surface area contributed by atoms with Crippen LogP contribution in [0.15, 0.2) is 12.5 Å². The monoisotopic (exact) mass is 776 g/mol. The molecule has 1 aromatic rings. The van der Waals surface area contributed by atoms with E-state index in [1.54, 1.807) is 12.5 Å². The molecule has 0 aliphatic rings. The molecule has 1 unspecified atom stereocenters. The van der Waals surface area contributed by atoms with Crippen LogP contribution >= 0.6 is 0 Å². The van der Waals surface area contributed by atoms with Gasteiger partial charge in [-0.25, -0.2) is 9.78 Å². The van der Waals surface area contributed by atoms with E-state index < -0.39 is 12.0 Å². The molecule has 0 aliphatic heterocycles. The summed E-state index contributed by atoms with van der Waals surface area (Å²) >= 11 is 0. The Balaban J connectivity index is 3.24. The number of amides is 1. The van der Waals surface area contributed by atoms with Crippen LogP contribution in [0, 0.1) is 41.4 Å². The molecule has 0 fully saturated rings. The van der Waals surface area contributed by atoms with Crippen molar-refractivity contribution < 1.29 is 23.3 Å². The minimum absolute atomic E-state index is 0.00438. The van der Waals surface area contributed by atoms with E-state index in [9.17, 15) is 9.59 Å². The number of carbonyl (C=O) groups excluding carboxylic acids is 2. The van der Waals surface area contributed by atoms with Crippen LogP contribution in [0.2, 0.25) is 0 Å². The summed E-state index contributed by atoms with van der Waals surface area (Å²) in [5.41, 5.74) is 0.809. The molecular weight excluding hydrogens is 683 g/mol. The molecule has 1 heterocycles. The van der Waals surface area contributed by atoms with Crippen molar-refractivity contribution in [3.8, 4) is 0 Å². The van der Waals surface area contributed by atoms with Crippen LogP contribution in [-0.4, -0.2) is 96.3 Å². The average molecular weight is 776 g/mol. The summed E-state index contributed by atoms with van der Waals surface area (Å²) in [6.07, 6.45) is 17.3. The fourth-order valence-electron chi connectivity index (χ4n) is 7.86. The predicted octanol–water partition coefficient (Wildman–Crippen LogP) is 10.5. The van der Waals surface area contributed by atoms with Crippen LogP contribution in [-0.2, 0) is 20.7 Å². The molecule has 1 aromatic heterocycles. The van der Waals surface area contributed by atoms with Gasteiger partial charge in [-0.3, -0.25) is 4.79 Å². The standard InChI is InChI=1S/C47H92N5O3/c1-37(2)20-28-51(29-21-38(3)4,30-22-39(5)6)26-16-14-18-43(46(53)50-45(47(54)55-13)34-44-35-48-36-49-44)19-15-17-27-52(31-23-40(7)8,32-24-41(9)10)33-25-42(11)12/h35-43,45H,14-34H2,1-13H3,(H-,48,49,50,53)/q+1/p+1. The van der Waals surface area contributed by atoms with Crippen molar-refractivity contribution in [2.24, 2.45) is 41.4 Å². The second kappa shape index (κ2) is 27.7.